The van der Waals surface area contributed by atoms with Gasteiger partial charge in [-0.1, -0.05) is 43.3 Å². The van der Waals surface area contributed by atoms with Crippen LogP contribution in [-0.2, 0) is 6.42 Å². The van der Waals surface area contributed by atoms with Crippen molar-refractivity contribution in [2.75, 3.05) is 6.54 Å². The van der Waals surface area contributed by atoms with Crippen molar-refractivity contribution in [3.8, 4) is 5.75 Å². The molecule has 0 aromatic heterocycles. The second kappa shape index (κ2) is 6.31. The van der Waals surface area contributed by atoms with E-state index < -0.39 is 0 Å². The molecule has 1 N–H and O–H groups in total. The molecule has 2 unspecified atom stereocenters. The zero-order valence-electron chi connectivity index (χ0n) is 12.8. The minimum absolute atomic E-state index is 0.177. The second-order valence-corrected chi connectivity index (χ2v) is 5.81. The first-order valence-corrected chi connectivity index (χ1v) is 7.82. The Morgan fingerprint density at radius 1 is 1.14 bits per heavy atom. The zero-order valence-corrected chi connectivity index (χ0v) is 12.8. The minimum atomic E-state index is 0.177. The fourth-order valence-electron chi connectivity index (χ4n) is 3.07. The Hall–Kier alpha value is -1.80. The summed E-state index contributed by atoms with van der Waals surface area (Å²) in [7, 11) is 0. The first-order chi connectivity index (χ1) is 10.3. The molecule has 2 nitrogen and oxygen atoms in total. The van der Waals surface area contributed by atoms with Gasteiger partial charge in [-0.15, -0.1) is 0 Å². The molecule has 0 bridgehead atoms. The number of hydrogen-bond donors (Lipinski definition) is 1. The van der Waals surface area contributed by atoms with Crippen LogP contribution in [0.1, 0.15) is 36.1 Å². The second-order valence-electron chi connectivity index (χ2n) is 5.81. The summed E-state index contributed by atoms with van der Waals surface area (Å²) in [5.74, 6) is 0.969. The molecule has 0 heterocycles. The number of hydrogen-bond acceptors (Lipinski definition) is 2. The first kappa shape index (κ1) is 14.2. The molecular formula is C19H23NO. The molecule has 1 aliphatic carbocycles. The van der Waals surface area contributed by atoms with Crippen LogP contribution in [-0.4, -0.2) is 12.6 Å². The molecule has 0 spiro atoms. The maximum atomic E-state index is 6.29. The van der Waals surface area contributed by atoms with Crippen molar-refractivity contribution in [3.63, 3.8) is 0 Å². The number of ether oxygens (including phenoxy) is 1. The Kier molecular flexibility index (Phi) is 4.26. The lowest BCUT2D eigenvalue weighted by Crippen LogP contribution is -2.33. The van der Waals surface area contributed by atoms with E-state index in [4.69, 9.17) is 4.74 Å². The van der Waals surface area contributed by atoms with Crippen LogP contribution in [0.25, 0.3) is 0 Å². The molecule has 0 saturated heterocycles. The summed E-state index contributed by atoms with van der Waals surface area (Å²) in [5.41, 5.74) is 4.04. The van der Waals surface area contributed by atoms with E-state index in [1.165, 1.54) is 16.7 Å². The van der Waals surface area contributed by atoms with Gasteiger partial charge in [-0.05, 0) is 48.7 Å². The Morgan fingerprint density at radius 3 is 2.81 bits per heavy atom. The highest BCUT2D eigenvalue weighted by molar-refractivity contribution is 5.38. The van der Waals surface area contributed by atoms with Crippen LogP contribution >= 0.6 is 0 Å². The quantitative estimate of drug-likeness (QED) is 0.893. The predicted molar refractivity (Wildman–Crippen MR) is 86.8 cm³/mol. The van der Waals surface area contributed by atoms with Crippen molar-refractivity contribution >= 4 is 0 Å². The topological polar surface area (TPSA) is 21.3 Å². The summed E-state index contributed by atoms with van der Waals surface area (Å²) in [6, 6.07) is 17.3. The van der Waals surface area contributed by atoms with Crippen molar-refractivity contribution < 1.29 is 4.74 Å². The van der Waals surface area contributed by atoms with E-state index in [-0.39, 0.29) is 6.10 Å². The van der Waals surface area contributed by atoms with Gasteiger partial charge in [0.2, 0.25) is 0 Å². The predicted octanol–water partition coefficient (Wildman–Crippen LogP) is 4.04. The SMILES string of the molecule is CCCNC1c2ccccc2CC1Oc1cccc(C)c1. The van der Waals surface area contributed by atoms with Crippen LogP contribution in [0.2, 0.25) is 0 Å². The molecule has 0 aliphatic heterocycles. The number of benzene rings is 2. The van der Waals surface area contributed by atoms with Crippen LogP contribution in [0, 0.1) is 6.92 Å². The van der Waals surface area contributed by atoms with Gasteiger partial charge in [-0.2, -0.15) is 0 Å². The van der Waals surface area contributed by atoms with Crippen LogP contribution in [0.4, 0.5) is 0 Å². The van der Waals surface area contributed by atoms with E-state index in [1.807, 2.05) is 6.07 Å². The Balaban J connectivity index is 1.81. The fourth-order valence-corrected chi connectivity index (χ4v) is 3.07. The molecule has 0 fully saturated rings. The summed E-state index contributed by atoms with van der Waals surface area (Å²) >= 11 is 0. The zero-order chi connectivity index (χ0) is 14.7. The van der Waals surface area contributed by atoms with E-state index in [1.54, 1.807) is 0 Å². The molecule has 0 saturated carbocycles. The van der Waals surface area contributed by atoms with Gasteiger partial charge in [0.25, 0.3) is 0 Å². The number of nitrogens with one attached hydrogen (secondary N) is 1. The average molecular weight is 281 g/mol. The lowest BCUT2D eigenvalue weighted by molar-refractivity contribution is 0.167. The molecule has 2 aromatic carbocycles. The molecule has 0 radical (unpaired) electrons. The maximum Gasteiger partial charge on any atom is 0.122 e. The molecule has 2 aromatic rings. The number of fused-ring (bicyclic) bond motifs is 1. The smallest absolute Gasteiger partial charge is 0.122 e. The first-order valence-electron chi connectivity index (χ1n) is 7.82. The van der Waals surface area contributed by atoms with Gasteiger partial charge in [0.1, 0.15) is 11.9 Å². The van der Waals surface area contributed by atoms with E-state index in [2.05, 4.69) is 61.6 Å². The van der Waals surface area contributed by atoms with Crippen LogP contribution in [0.15, 0.2) is 48.5 Å². The van der Waals surface area contributed by atoms with Gasteiger partial charge in [0.05, 0.1) is 6.04 Å². The van der Waals surface area contributed by atoms with Gasteiger partial charge >= 0.3 is 0 Å². The van der Waals surface area contributed by atoms with Crippen molar-refractivity contribution in [2.45, 2.75) is 38.8 Å². The van der Waals surface area contributed by atoms with Gasteiger partial charge in [-0.3, -0.25) is 0 Å². The molecule has 110 valence electrons. The van der Waals surface area contributed by atoms with E-state index in [9.17, 15) is 0 Å². The van der Waals surface area contributed by atoms with Crippen molar-refractivity contribution in [2.24, 2.45) is 0 Å². The highest BCUT2D eigenvalue weighted by Gasteiger charge is 2.33. The lowest BCUT2D eigenvalue weighted by Gasteiger charge is -2.23. The van der Waals surface area contributed by atoms with Gasteiger partial charge in [0.15, 0.2) is 0 Å². The Labute approximate surface area is 127 Å². The summed E-state index contributed by atoms with van der Waals surface area (Å²) in [6.45, 7) is 5.32. The molecule has 21 heavy (non-hydrogen) atoms. The highest BCUT2D eigenvalue weighted by Crippen LogP contribution is 2.34. The van der Waals surface area contributed by atoms with Crippen LogP contribution in [0.3, 0.4) is 0 Å². The monoisotopic (exact) mass is 281 g/mol. The maximum absolute atomic E-state index is 6.29. The van der Waals surface area contributed by atoms with Gasteiger partial charge < -0.3 is 10.1 Å². The Bertz CT molecular complexity index is 608. The summed E-state index contributed by atoms with van der Waals surface area (Å²) < 4.78 is 6.29. The normalized spacial score (nSPS) is 20.3. The molecule has 0 amide bonds. The molecule has 2 atom stereocenters. The highest BCUT2D eigenvalue weighted by atomic mass is 16.5. The molecular weight excluding hydrogens is 258 g/mol. The summed E-state index contributed by atoms with van der Waals surface area (Å²) in [6.07, 6.45) is 2.29. The minimum Gasteiger partial charge on any atom is -0.488 e. The third-order valence-corrected chi connectivity index (χ3v) is 4.07. The van der Waals surface area contributed by atoms with Crippen molar-refractivity contribution in [1.29, 1.82) is 0 Å². The lowest BCUT2D eigenvalue weighted by atomic mass is 10.1. The third kappa shape index (κ3) is 3.11. The van der Waals surface area contributed by atoms with Crippen molar-refractivity contribution in [3.05, 3.63) is 65.2 Å². The Morgan fingerprint density at radius 2 is 2.00 bits per heavy atom. The largest absolute Gasteiger partial charge is 0.488 e. The number of aryl methyl sites for hydroxylation is 1. The average Bonchev–Trinajstić information content (AvgIpc) is 2.82. The van der Waals surface area contributed by atoms with Crippen LogP contribution < -0.4 is 10.1 Å². The molecule has 1 aliphatic rings. The van der Waals surface area contributed by atoms with E-state index >= 15 is 0 Å². The number of rotatable bonds is 5. The molecule has 2 heteroatoms. The third-order valence-electron chi connectivity index (χ3n) is 4.07. The van der Waals surface area contributed by atoms with Gasteiger partial charge in [0, 0.05) is 6.42 Å². The standard InChI is InChI=1S/C19H23NO/c1-3-11-20-19-17-10-5-4-8-15(17)13-18(19)21-16-9-6-7-14(2)12-16/h4-10,12,18-20H,3,11,13H2,1-2H3. The van der Waals surface area contributed by atoms with E-state index in [0.29, 0.717) is 6.04 Å². The summed E-state index contributed by atoms with van der Waals surface area (Å²) in [4.78, 5) is 0. The fraction of sp³-hybridized carbons (Fsp3) is 0.368. The van der Waals surface area contributed by atoms with Crippen LogP contribution in [0.5, 0.6) is 5.75 Å². The van der Waals surface area contributed by atoms with Crippen molar-refractivity contribution in [1.82, 2.24) is 5.32 Å². The molecule has 3 rings (SSSR count). The van der Waals surface area contributed by atoms with Gasteiger partial charge in [-0.25, -0.2) is 0 Å². The van der Waals surface area contributed by atoms with E-state index in [0.717, 1.165) is 25.1 Å². The summed E-state index contributed by atoms with van der Waals surface area (Å²) in [5, 5.41) is 3.65.